The summed E-state index contributed by atoms with van der Waals surface area (Å²) < 4.78 is 0. The molecule has 0 amide bonds. The van der Waals surface area contributed by atoms with Crippen molar-refractivity contribution in [3.05, 3.63) is 0 Å². The predicted molar refractivity (Wildman–Crippen MR) is 56.8 cm³/mol. The van der Waals surface area contributed by atoms with E-state index >= 15 is 0 Å². The van der Waals surface area contributed by atoms with Gasteiger partial charge in [0.2, 0.25) is 6.29 Å². The van der Waals surface area contributed by atoms with E-state index in [1.165, 1.54) is 0 Å². The SMILES string of the molecule is CCC(C)C(N)C1=NC([C]=O)CS1. The molecule has 1 rings (SSSR count). The highest BCUT2D eigenvalue weighted by molar-refractivity contribution is 8.14. The molecule has 0 spiro atoms. The fourth-order valence-corrected chi connectivity index (χ4v) is 2.23. The van der Waals surface area contributed by atoms with Crippen LogP contribution in [0.25, 0.3) is 0 Å². The second kappa shape index (κ2) is 4.77. The van der Waals surface area contributed by atoms with Crippen LogP contribution in [0.5, 0.6) is 0 Å². The molecule has 1 aliphatic heterocycles. The van der Waals surface area contributed by atoms with Gasteiger partial charge in [-0.05, 0) is 5.92 Å². The molecule has 1 heterocycles. The maximum atomic E-state index is 10.3. The standard InChI is InChI=1S/C9H15N2OS/c1-3-6(2)8(10)9-11-7(4-12)5-13-9/h6-8H,3,5,10H2,1-2H3. The minimum Gasteiger partial charge on any atom is -0.322 e. The number of carbonyl (C=O) groups excluding carboxylic acids is 1. The normalized spacial score (nSPS) is 26.7. The fourth-order valence-electron chi connectivity index (χ4n) is 1.13. The minimum atomic E-state index is -0.282. The minimum absolute atomic E-state index is 0.00616. The van der Waals surface area contributed by atoms with Gasteiger partial charge in [0.1, 0.15) is 6.04 Å². The summed E-state index contributed by atoms with van der Waals surface area (Å²) in [6.45, 7) is 4.21. The van der Waals surface area contributed by atoms with E-state index in [4.69, 9.17) is 5.73 Å². The second-order valence-corrected chi connectivity index (χ2v) is 4.36. The Balaban J connectivity index is 2.57. The van der Waals surface area contributed by atoms with Gasteiger partial charge in [-0.15, -0.1) is 11.8 Å². The maximum Gasteiger partial charge on any atom is 0.225 e. The summed E-state index contributed by atoms with van der Waals surface area (Å²) in [7, 11) is 0. The first-order chi connectivity index (χ1) is 6.19. The molecule has 4 heteroatoms. The van der Waals surface area contributed by atoms with Gasteiger partial charge in [-0.1, -0.05) is 20.3 Å². The highest BCUT2D eigenvalue weighted by atomic mass is 32.2. The molecule has 13 heavy (non-hydrogen) atoms. The average Bonchev–Trinajstić information content (AvgIpc) is 2.63. The lowest BCUT2D eigenvalue weighted by atomic mass is 10.0. The van der Waals surface area contributed by atoms with Crippen LogP contribution in [0.3, 0.4) is 0 Å². The van der Waals surface area contributed by atoms with Gasteiger partial charge in [-0.25, -0.2) is 0 Å². The average molecular weight is 199 g/mol. The molecule has 0 aromatic rings. The molecule has 0 saturated heterocycles. The lowest BCUT2D eigenvalue weighted by Gasteiger charge is -2.17. The Bertz CT molecular complexity index is 218. The van der Waals surface area contributed by atoms with E-state index in [1.807, 2.05) is 6.29 Å². The van der Waals surface area contributed by atoms with E-state index in [0.29, 0.717) is 11.7 Å². The van der Waals surface area contributed by atoms with Crippen LogP contribution in [0.1, 0.15) is 20.3 Å². The van der Waals surface area contributed by atoms with E-state index in [-0.39, 0.29) is 12.1 Å². The van der Waals surface area contributed by atoms with E-state index in [9.17, 15) is 4.79 Å². The molecule has 2 N–H and O–H groups in total. The molecule has 1 radical (unpaired) electrons. The van der Waals surface area contributed by atoms with E-state index in [0.717, 1.165) is 11.5 Å². The van der Waals surface area contributed by atoms with Crippen LogP contribution in [0.4, 0.5) is 0 Å². The van der Waals surface area contributed by atoms with Gasteiger partial charge < -0.3 is 5.73 Å². The van der Waals surface area contributed by atoms with Gasteiger partial charge in [0.05, 0.1) is 11.1 Å². The van der Waals surface area contributed by atoms with Crippen molar-refractivity contribution in [1.82, 2.24) is 0 Å². The lowest BCUT2D eigenvalue weighted by molar-refractivity contribution is 0.524. The maximum absolute atomic E-state index is 10.3. The van der Waals surface area contributed by atoms with Crippen LogP contribution in [-0.2, 0) is 4.79 Å². The molecule has 3 atom stereocenters. The van der Waals surface area contributed by atoms with Crippen LogP contribution in [0.2, 0.25) is 0 Å². The molecule has 0 bridgehead atoms. The quantitative estimate of drug-likeness (QED) is 0.734. The molecule has 0 fully saturated rings. The molecule has 1 aliphatic rings. The van der Waals surface area contributed by atoms with E-state index in [1.54, 1.807) is 11.8 Å². The first kappa shape index (κ1) is 10.7. The van der Waals surface area contributed by atoms with E-state index in [2.05, 4.69) is 18.8 Å². The Morgan fingerprint density at radius 1 is 1.85 bits per heavy atom. The zero-order valence-electron chi connectivity index (χ0n) is 7.99. The number of aliphatic imine (C=N–C) groups is 1. The highest BCUT2D eigenvalue weighted by Crippen LogP contribution is 2.22. The Hall–Kier alpha value is -0.350. The molecule has 3 nitrogen and oxygen atoms in total. The number of nitrogens with two attached hydrogens (primary N) is 1. The molecular weight excluding hydrogens is 184 g/mol. The third kappa shape index (κ3) is 2.54. The van der Waals surface area contributed by atoms with Gasteiger partial charge in [-0.2, -0.15) is 0 Å². The van der Waals surface area contributed by atoms with Gasteiger partial charge >= 0.3 is 0 Å². The van der Waals surface area contributed by atoms with Crippen LogP contribution in [-0.4, -0.2) is 29.2 Å². The van der Waals surface area contributed by atoms with Crippen molar-refractivity contribution in [1.29, 1.82) is 0 Å². The predicted octanol–water partition coefficient (Wildman–Crippen LogP) is 0.983. The van der Waals surface area contributed by atoms with E-state index < -0.39 is 0 Å². The summed E-state index contributed by atoms with van der Waals surface area (Å²) in [5.74, 6) is 1.14. The highest BCUT2D eigenvalue weighted by Gasteiger charge is 2.25. The summed E-state index contributed by atoms with van der Waals surface area (Å²) in [4.78, 5) is 14.5. The number of hydrogen-bond donors (Lipinski definition) is 1. The molecule has 0 aromatic carbocycles. The van der Waals surface area contributed by atoms with Crippen LogP contribution in [0.15, 0.2) is 4.99 Å². The molecule has 0 aromatic heterocycles. The number of rotatable bonds is 4. The Morgan fingerprint density at radius 3 is 3.00 bits per heavy atom. The summed E-state index contributed by atoms with van der Waals surface area (Å²) in [5.41, 5.74) is 5.97. The van der Waals surface area contributed by atoms with Crippen LogP contribution >= 0.6 is 11.8 Å². The number of thioether (sulfide) groups is 1. The largest absolute Gasteiger partial charge is 0.322 e. The molecule has 0 saturated carbocycles. The summed E-state index contributed by atoms with van der Waals surface area (Å²) in [6.07, 6.45) is 2.93. The zero-order valence-corrected chi connectivity index (χ0v) is 8.80. The molecule has 3 unspecified atom stereocenters. The van der Waals surface area contributed by atoms with Crippen LogP contribution in [0, 0.1) is 5.92 Å². The summed E-state index contributed by atoms with van der Waals surface area (Å²) in [6, 6.07) is -0.288. The van der Waals surface area contributed by atoms with Crippen molar-refractivity contribution >= 4 is 23.1 Å². The second-order valence-electron chi connectivity index (χ2n) is 3.32. The molecular formula is C9H15N2OS. The van der Waals surface area contributed by atoms with Crippen molar-refractivity contribution in [3.8, 4) is 0 Å². The topological polar surface area (TPSA) is 55.4 Å². The third-order valence-corrected chi connectivity index (χ3v) is 3.51. The Kier molecular flexibility index (Phi) is 3.93. The Labute approximate surface area is 83.2 Å². The van der Waals surface area contributed by atoms with Crippen molar-refractivity contribution in [2.45, 2.75) is 32.4 Å². The van der Waals surface area contributed by atoms with Gasteiger partial charge in [0.15, 0.2) is 0 Å². The fraction of sp³-hybridized carbons (Fsp3) is 0.778. The zero-order chi connectivity index (χ0) is 9.84. The van der Waals surface area contributed by atoms with Crippen molar-refractivity contribution < 1.29 is 4.79 Å². The van der Waals surface area contributed by atoms with Crippen LogP contribution < -0.4 is 5.73 Å². The number of nitrogens with zero attached hydrogens (tertiary/aromatic N) is 1. The third-order valence-electron chi connectivity index (χ3n) is 2.35. The summed E-state index contributed by atoms with van der Waals surface area (Å²) >= 11 is 1.59. The first-order valence-electron chi connectivity index (χ1n) is 4.52. The molecule has 0 aliphatic carbocycles. The Morgan fingerprint density at radius 2 is 2.54 bits per heavy atom. The lowest BCUT2D eigenvalue weighted by Crippen LogP contribution is -2.34. The van der Waals surface area contributed by atoms with Gasteiger partial charge in [0.25, 0.3) is 0 Å². The number of hydrogen-bond acceptors (Lipinski definition) is 4. The monoisotopic (exact) mass is 199 g/mol. The smallest absolute Gasteiger partial charge is 0.225 e. The first-order valence-corrected chi connectivity index (χ1v) is 5.51. The van der Waals surface area contributed by atoms with Crippen molar-refractivity contribution in [2.24, 2.45) is 16.6 Å². The van der Waals surface area contributed by atoms with Crippen molar-refractivity contribution in [3.63, 3.8) is 0 Å². The van der Waals surface area contributed by atoms with Crippen molar-refractivity contribution in [2.75, 3.05) is 5.75 Å². The van der Waals surface area contributed by atoms with Gasteiger partial charge in [0, 0.05) is 5.75 Å². The summed E-state index contributed by atoms with van der Waals surface area (Å²) in [5, 5.41) is 0.919. The molecule has 73 valence electrons. The van der Waals surface area contributed by atoms with Gasteiger partial charge in [-0.3, -0.25) is 9.79 Å².